The highest BCUT2D eigenvalue weighted by Crippen LogP contribution is 2.21. The van der Waals surface area contributed by atoms with E-state index in [1.165, 1.54) is 6.07 Å². The Kier molecular flexibility index (Phi) is 4.20. The highest BCUT2D eigenvalue weighted by Gasteiger charge is 2.12. The average Bonchev–Trinajstić information content (AvgIpc) is 2.82. The number of Topliss-reactive ketones (excluding diaryl/α,β-unsaturated/α-hetero) is 1. The van der Waals surface area contributed by atoms with E-state index in [9.17, 15) is 9.18 Å². The molecule has 0 unspecified atom stereocenters. The molecule has 1 aromatic heterocycles. The van der Waals surface area contributed by atoms with Crippen LogP contribution >= 0.6 is 15.9 Å². The SMILES string of the molecule is CC(C)C(=O)c1ccn(Cc2cccc(F)c2Br)c1. The zero-order valence-electron chi connectivity index (χ0n) is 10.9. The molecule has 1 aromatic carbocycles. The number of carbonyl (C=O) groups is 1. The molecule has 2 aromatic rings. The lowest BCUT2D eigenvalue weighted by molar-refractivity contribution is 0.0939. The van der Waals surface area contributed by atoms with Gasteiger partial charge in [-0.25, -0.2) is 4.39 Å². The van der Waals surface area contributed by atoms with E-state index in [1.54, 1.807) is 18.3 Å². The van der Waals surface area contributed by atoms with Gasteiger partial charge in [0.15, 0.2) is 5.78 Å². The van der Waals surface area contributed by atoms with Gasteiger partial charge in [0.05, 0.1) is 4.47 Å². The van der Waals surface area contributed by atoms with Gasteiger partial charge in [0.25, 0.3) is 0 Å². The molecule has 0 saturated carbocycles. The summed E-state index contributed by atoms with van der Waals surface area (Å²) in [5.74, 6) is -0.169. The van der Waals surface area contributed by atoms with Crippen LogP contribution in [0.2, 0.25) is 0 Å². The van der Waals surface area contributed by atoms with Gasteiger partial charge in [0, 0.05) is 30.4 Å². The third-order valence-corrected chi connectivity index (χ3v) is 3.83. The number of rotatable bonds is 4. The Balaban J connectivity index is 2.21. The second-order valence-corrected chi connectivity index (χ2v) is 5.60. The lowest BCUT2D eigenvalue weighted by atomic mass is 10.0. The lowest BCUT2D eigenvalue weighted by Crippen LogP contribution is -2.06. The van der Waals surface area contributed by atoms with E-state index in [2.05, 4.69) is 15.9 Å². The fourth-order valence-electron chi connectivity index (χ4n) is 1.89. The van der Waals surface area contributed by atoms with Crippen LogP contribution < -0.4 is 0 Å². The van der Waals surface area contributed by atoms with E-state index >= 15 is 0 Å². The minimum Gasteiger partial charge on any atom is -0.349 e. The van der Waals surface area contributed by atoms with Crippen molar-refractivity contribution in [2.75, 3.05) is 0 Å². The number of benzene rings is 1. The fraction of sp³-hybridized carbons (Fsp3) is 0.267. The first-order valence-electron chi connectivity index (χ1n) is 6.12. The summed E-state index contributed by atoms with van der Waals surface area (Å²) in [7, 11) is 0. The summed E-state index contributed by atoms with van der Waals surface area (Å²) in [6, 6.07) is 6.75. The molecular weight excluding hydrogens is 309 g/mol. The van der Waals surface area contributed by atoms with E-state index in [-0.39, 0.29) is 17.5 Å². The summed E-state index contributed by atoms with van der Waals surface area (Å²) >= 11 is 3.24. The first kappa shape index (κ1) is 14.0. The van der Waals surface area contributed by atoms with Crippen molar-refractivity contribution in [2.45, 2.75) is 20.4 Å². The van der Waals surface area contributed by atoms with Crippen LogP contribution in [0, 0.1) is 11.7 Å². The molecule has 1 heterocycles. The zero-order chi connectivity index (χ0) is 14.0. The second kappa shape index (κ2) is 5.70. The first-order valence-corrected chi connectivity index (χ1v) is 6.91. The molecule has 0 amide bonds. The Bertz CT molecular complexity index is 604. The molecule has 4 heteroatoms. The number of hydrogen-bond acceptors (Lipinski definition) is 1. The van der Waals surface area contributed by atoms with Crippen LogP contribution in [0.3, 0.4) is 0 Å². The summed E-state index contributed by atoms with van der Waals surface area (Å²) < 4.78 is 15.8. The molecule has 2 rings (SSSR count). The summed E-state index contributed by atoms with van der Waals surface area (Å²) in [5, 5.41) is 0. The molecule has 0 N–H and O–H groups in total. The van der Waals surface area contributed by atoms with Gasteiger partial charge in [-0.15, -0.1) is 0 Å². The van der Waals surface area contributed by atoms with Gasteiger partial charge in [-0.1, -0.05) is 26.0 Å². The molecule has 0 aliphatic rings. The predicted octanol–water partition coefficient (Wildman–Crippen LogP) is 4.28. The number of nitrogens with zero attached hydrogens (tertiary/aromatic N) is 1. The van der Waals surface area contributed by atoms with Crippen molar-refractivity contribution in [1.29, 1.82) is 0 Å². The van der Waals surface area contributed by atoms with Crippen LogP contribution in [-0.4, -0.2) is 10.4 Å². The van der Waals surface area contributed by atoms with Gasteiger partial charge < -0.3 is 4.57 Å². The molecule has 0 saturated heterocycles. The lowest BCUT2D eigenvalue weighted by Gasteiger charge is -2.06. The van der Waals surface area contributed by atoms with Crippen LogP contribution in [0.5, 0.6) is 0 Å². The van der Waals surface area contributed by atoms with Crippen molar-refractivity contribution in [3.8, 4) is 0 Å². The molecule has 19 heavy (non-hydrogen) atoms. The highest BCUT2D eigenvalue weighted by molar-refractivity contribution is 9.10. The maximum atomic E-state index is 13.4. The number of halogens is 2. The molecule has 2 nitrogen and oxygen atoms in total. The van der Waals surface area contributed by atoms with Gasteiger partial charge in [0.2, 0.25) is 0 Å². The molecule has 0 radical (unpaired) electrons. The molecule has 0 bridgehead atoms. The zero-order valence-corrected chi connectivity index (χ0v) is 12.4. The van der Waals surface area contributed by atoms with Gasteiger partial charge in [0.1, 0.15) is 5.82 Å². The van der Waals surface area contributed by atoms with Gasteiger partial charge in [-0.2, -0.15) is 0 Å². The molecule has 0 aliphatic heterocycles. The molecule has 0 spiro atoms. The molecular formula is C15H15BrFNO. The third-order valence-electron chi connectivity index (χ3n) is 2.94. The largest absolute Gasteiger partial charge is 0.349 e. The summed E-state index contributed by atoms with van der Waals surface area (Å²) in [5.41, 5.74) is 1.54. The van der Waals surface area contributed by atoms with Crippen LogP contribution in [-0.2, 0) is 6.54 Å². The van der Waals surface area contributed by atoms with Crippen molar-refractivity contribution >= 4 is 21.7 Å². The van der Waals surface area contributed by atoms with E-state index in [0.717, 1.165) is 5.56 Å². The highest BCUT2D eigenvalue weighted by atomic mass is 79.9. The number of hydrogen-bond donors (Lipinski definition) is 0. The molecule has 100 valence electrons. The topological polar surface area (TPSA) is 22.0 Å². The molecule has 0 aliphatic carbocycles. The maximum absolute atomic E-state index is 13.4. The van der Waals surface area contributed by atoms with E-state index < -0.39 is 0 Å². The first-order chi connectivity index (χ1) is 8.99. The molecule has 0 atom stereocenters. The minimum absolute atomic E-state index is 0.0169. The average molecular weight is 324 g/mol. The molecule has 0 fully saturated rings. The number of ketones is 1. The van der Waals surface area contributed by atoms with Gasteiger partial charge in [-0.3, -0.25) is 4.79 Å². The monoisotopic (exact) mass is 323 g/mol. The Morgan fingerprint density at radius 3 is 2.79 bits per heavy atom. The maximum Gasteiger partial charge on any atom is 0.166 e. The van der Waals surface area contributed by atoms with Crippen molar-refractivity contribution in [3.05, 3.63) is 58.1 Å². The summed E-state index contributed by atoms with van der Waals surface area (Å²) in [6.45, 7) is 4.29. The van der Waals surface area contributed by atoms with Crippen molar-refractivity contribution in [3.63, 3.8) is 0 Å². The number of aromatic nitrogens is 1. The smallest absolute Gasteiger partial charge is 0.166 e. The van der Waals surface area contributed by atoms with Crippen LogP contribution in [0.4, 0.5) is 4.39 Å². The van der Waals surface area contributed by atoms with E-state index in [0.29, 0.717) is 16.6 Å². The normalized spacial score (nSPS) is 11.0. The standard InChI is InChI=1S/C15H15BrFNO/c1-10(2)15(19)12-6-7-18(9-12)8-11-4-3-5-13(17)14(11)16/h3-7,9-10H,8H2,1-2H3. The van der Waals surface area contributed by atoms with Gasteiger partial charge >= 0.3 is 0 Å². The Hall–Kier alpha value is -1.42. The van der Waals surface area contributed by atoms with Crippen molar-refractivity contribution in [1.82, 2.24) is 4.57 Å². The van der Waals surface area contributed by atoms with Gasteiger partial charge in [-0.05, 0) is 33.6 Å². The summed E-state index contributed by atoms with van der Waals surface area (Å²) in [4.78, 5) is 11.8. The predicted molar refractivity (Wildman–Crippen MR) is 76.8 cm³/mol. The third kappa shape index (κ3) is 3.13. The number of carbonyl (C=O) groups excluding carboxylic acids is 1. The van der Waals surface area contributed by atoms with Crippen LogP contribution in [0.25, 0.3) is 0 Å². The Labute approximate surface area is 120 Å². The Morgan fingerprint density at radius 2 is 2.11 bits per heavy atom. The van der Waals surface area contributed by atoms with Crippen molar-refractivity contribution in [2.24, 2.45) is 5.92 Å². The quantitative estimate of drug-likeness (QED) is 0.770. The van der Waals surface area contributed by atoms with Crippen LogP contribution in [0.15, 0.2) is 41.1 Å². The second-order valence-electron chi connectivity index (χ2n) is 4.80. The van der Waals surface area contributed by atoms with E-state index in [4.69, 9.17) is 0 Å². The summed E-state index contributed by atoms with van der Waals surface area (Å²) in [6.07, 6.45) is 3.65. The van der Waals surface area contributed by atoms with Crippen molar-refractivity contribution < 1.29 is 9.18 Å². The fourth-order valence-corrected chi connectivity index (χ4v) is 2.28. The minimum atomic E-state index is -0.275. The Morgan fingerprint density at radius 1 is 1.37 bits per heavy atom. The van der Waals surface area contributed by atoms with E-state index in [1.807, 2.05) is 30.7 Å². The van der Waals surface area contributed by atoms with Crippen LogP contribution in [0.1, 0.15) is 29.8 Å².